The summed E-state index contributed by atoms with van der Waals surface area (Å²) in [4.78, 5) is 13.0. The molecule has 2 atom stereocenters. The summed E-state index contributed by atoms with van der Waals surface area (Å²) in [5.74, 6) is -1.02. The van der Waals surface area contributed by atoms with E-state index in [2.05, 4.69) is 59.8 Å². The van der Waals surface area contributed by atoms with E-state index >= 15 is 0 Å². The highest BCUT2D eigenvalue weighted by molar-refractivity contribution is 5.69. The van der Waals surface area contributed by atoms with Crippen LogP contribution in [0.25, 0.3) is 11.3 Å². The number of hydrogen-bond acceptors (Lipinski definition) is 6. The third-order valence-corrected chi connectivity index (χ3v) is 7.62. The minimum Gasteiger partial charge on any atom is -0.376 e. The molecule has 2 fully saturated rings. The molecule has 0 aliphatic carbocycles. The van der Waals surface area contributed by atoms with E-state index in [0.29, 0.717) is 17.2 Å². The second kappa shape index (κ2) is 16.6. The van der Waals surface area contributed by atoms with Crippen molar-refractivity contribution in [3.05, 3.63) is 71.4 Å². The Balaban J connectivity index is 0.000000389. The number of benzene rings is 1. The van der Waals surface area contributed by atoms with Gasteiger partial charge in [0.05, 0.1) is 35.4 Å². The smallest absolute Gasteiger partial charge is 0.149 e. The molecule has 2 unspecified atom stereocenters. The summed E-state index contributed by atoms with van der Waals surface area (Å²) in [6.45, 7) is 14.8. The summed E-state index contributed by atoms with van der Waals surface area (Å²) in [7, 11) is 2.20. The number of nitrogens with two attached hydrogens (primary N) is 1. The number of pyridine rings is 2. The molecule has 6 nitrogen and oxygen atoms in total. The van der Waals surface area contributed by atoms with Crippen molar-refractivity contribution in [2.45, 2.75) is 72.9 Å². The molecule has 5 rings (SSSR count). The fraction of sp³-hybridized carbons (Fsp3) is 0.529. The summed E-state index contributed by atoms with van der Waals surface area (Å²) in [5.41, 5.74) is 8.01. The van der Waals surface area contributed by atoms with Crippen LogP contribution in [0, 0.1) is 36.2 Å². The lowest BCUT2D eigenvalue weighted by molar-refractivity contribution is 0.230. The predicted octanol–water partition coefficient (Wildman–Crippen LogP) is 7.42. The molecule has 2 aromatic heterocycles. The van der Waals surface area contributed by atoms with Crippen LogP contribution in [0.3, 0.4) is 0 Å². The van der Waals surface area contributed by atoms with Crippen LogP contribution in [0.4, 0.5) is 24.5 Å². The van der Waals surface area contributed by atoms with Crippen molar-refractivity contribution in [1.82, 2.24) is 14.9 Å². The Kier molecular flexibility index (Phi) is 13.3. The van der Waals surface area contributed by atoms with Gasteiger partial charge in [0, 0.05) is 25.3 Å². The zero-order valence-electron chi connectivity index (χ0n) is 26.6. The normalized spacial score (nSPS) is 19.2. The first kappa shape index (κ1) is 34.3. The van der Waals surface area contributed by atoms with Gasteiger partial charge in [0.25, 0.3) is 0 Å². The number of rotatable bonds is 5. The Morgan fingerprint density at radius 3 is 2.21 bits per heavy atom. The number of halogens is 3. The average Bonchev–Trinajstić information content (AvgIpc) is 2.95. The van der Waals surface area contributed by atoms with E-state index in [-0.39, 0.29) is 18.3 Å². The third-order valence-electron chi connectivity index (χ3n) is 7.62. The molecule has 43 heavy (non-hydrogen) atoms. The average molecular weight is 599 g/mol. The molecule has 0 spiro atoms. The molecule has 2 saturated heterocycles. The number of hydrogen-bond donors (Lipinski definition) is 2. The lowest BCUT2D eigenvalue weighted by Crippen LogP contribution is -2.46. The van der Waals surface area contributed by atoms with Gasteiger partial charge in [-0.25, -0.2) is 18.2 Å². The van der Waals surface area contributed by atoms with Crippen LogP contribution >= 0.6 is 0 Å². The van der Waals surface area contributed by atoms with Crippen LogP contribution in [0.1, 0.15) is 64.6 Å². The number of nitrogens with one attached hydrogen (secondary N) is 1. The predicted molar refractivity (Wildman–Crippen MR) is 172 cm³/mol. The zero-order valence-corrected chi connectivity index (χ0v) is 26.6. The van der Waals surface area contributed by atoms with Crippen LogP contribution < -0.4 is 16.0 Å². The first-order chi connectivity index (χ1) is 20.5. The van der Waals surface area contributed by atoms with Crippen molar-refractivity contribution in [2.75, 3.05) is 43.4 Å². The van der Waals surface area contributed by atoms with Crippen LogP contribution in [0.5, 0.6) is 0 Å². The van der Waals surface area contributed by atoms with Gasteiger partial charge in [-0.1, -0.05) is 34.1 Å². The molecule has 2 aliphatic heterocycles. The van der Waals surface area contributed by atoms with E-state index < -0.39 is 23.0 Å². The lowest BCUT2D eigenvalue weighted by Gasteiger charge is -2.37. The number of aryl methyl sites for hydroxylation is 1. The highest BCUT2D eigenvalue weighted by atomic mass is 19.1. The van der Waals surface area contributed by atoms with Gasteiger partial charge in [-0.2, -0.15) is 0 Å². The minimum atomic E-state index is -0.843. The molecule has 0 saturated carbocycles. The summed E-state index contributed by atoms with van der Waals surface area (Å²) >= 11 is 0. The zero-order chi connectivity index (χ0) is 31.5. The van der Waals surface area contributed by atoms with Crippen LogP contribution in [-0.2, 0) is 6.54 Å². The fourth-order valence-corrected chi connectivity index (χ4v) is 5.40. The molecule has 0 amide bonds. The Labute approximate surface area is 255 Å². The van der Waals surface area contributed by atoms with Crippen molar-refractivity contribution >= 4 is 11.4 Å². The molecule has 0 radical (unpaired) electrons. The van der Waals surface area contributed by atoms with E-state index in [4.69, 9.17) is 5.73 Å². The van der Waals surface area contributed by atoms with Gasteiger partial charge in [-0.05, 0) is 94.1 Å². The standard InChI is InChI=1S/C24H26F3N5.C7H15N.C3H8/c1-14-8-19(26)23(20(27)9-14)24-18(25)4-3-17(31-24)10-30-21-11-29-6-5-22(21)32-12-15(2)7-16(28)13-32;1-7-3-5-8(2)6-4-7;1-3-2/h3-6,8-9,11,15-16,30H,7,10,12-13,28H2,1-2H3;7H,3-6H2,1-2H3;3H2,1-2H3. The second-order valence-electron chi connectivity index (χ2n) is 12.2. The lowest BCUT2D eigenvalue weighted by atomic mass is 9.96. The summed E-state index contributed by atoms with van der Waals surface area (Å²) in [5, 5.41) is 3.28. The van der Waals surface area contributed by atoms with Crippen molar-refractivity contribution in [1.29, 1.82) is 0 Å². The molecule has 3 aromatic rings. The fourth-order valence-electron chi connectivity index (χ4n) is 5.40. The van der Waals surface area contributed by atoms with Gasteiger partial charge < -0.3 is 20.9 Å². The molecule has 3 N–H and O–H groups in total. The first-order valence-corrected chi connectivity index (χ1v) is 15.5. The molecular formula is C34H49F3N6. The van der Waals surface area contributed by atoms with Crippen molar-refractivity contribution in [3.63, 3.8) is 0 Å². The summed E-state index contributed by atoms with van der Waals surface area (Å²) in [6.07, 6.45) is 8.47. The molecule has 236 valence electrons. The van der Waals surface area contributed by atoms with Gasteiger partial charge in [-0.15, -0.1) is 0 Å². The summed E-state index contributed by atoms with van der Waals surface area (Å²) in [6, 6.07) is 7.01. The molecule has 0 bridgehead atoms. The Bertz CT molecular complexity index is 1250. The van der Waals surface area contributed by atoms with Gasteiger partial charge >= 0.3 is 0 Å². The van der Waals surface area contributed by atoms with Gasteiger partial charge in [0.15, 0.2) is 0 Å². The number of aromatic nitrogens is 2. The second-order valence-corrected chi connectivity index (χ2v) is 12.2. The molecule has 9 heteroatoms. The largest absolute Gasteiger partial charge is 0.376 e. The Morgan fingerprint density at radius 2 is 1.60 bits per heavy atom. The number of likely N-dealkylation sites (tertiary alicyclic amines) is 1. The topological polar surface area (TPSA) is 70.3 Å². The van der Waals surface area contributed by atoms with Crippen LogP contribution in [0.15, 0.2) is 42.7 Å². The SMILES string of the molecule is CC1CCN(C)CC1.CCC.Cc1cc(F)c(-c2nc(CNc3cnccc3N3CC(C)CC(N)C3)ccc2F)c(F)c1. The number of anilines is 2. The molecular weight excluding hydrogens is 549 g/mol. The van der Waals surface area contributed by atoms with Crippen LogP contribution in [0.2, 0.25) is 0 Å². The quantitative estimate of drug-likeness (QED) is 0.319. The highest BCUT2D eigenvalue weighted by Crippen LogP contribution is 2.31. The minimum absolute atomic E-state index is 0.0976. The number of nitrogens with zero attached hydrogens (tertiary/aromatic N) is 4. The molecule has 1 aromatic carbocycles. The van der Waals surface area contributed by atoms with E-state index in [1.807, 2.05) is 6.07 Å². The maximum absolute atomic E-state index is 14.4. The highest BCUT2D eigenvalue weighted by Gasteiger charge is 2.24. The Hall–Kier alpha value is -3.17. The van der Waals surface area contributed by atoms with E-state index in [1.54, 1.807) is 19.3 Å². The van der Waals surface area contributed by atoms with Crippen LogP contribution in [-0.4, -0.2) is 54.1 Å². The first-order valence-electron chi connectivity index (χ1n) is 15.5. The van der Waals surface area contributed by atoms with E-state index in [0.717, 1.165) is 48.9 Å². The third kappa shape index (κ3) is 10.2. The molecule has 4 heterocycles. The van der Waals surface area contributed by atoms with Gasteiger partial charge in [0.2, 0.25) is 0 Å². The maximum atomic E-state index is 14.4. The van der Waals surface area contributed by atoms with Crippen molar-refractivity contribution in [3.8, 4) is 11.3 Å². The van der Waals surface area contributed by atoms with Crippen molar-refractivity contribution in [2.24, 2.45) is 17.6 Å². The van der Waals surface area contributed by atoms with Gasteiger partial charge in [-0.3, -0.25) is 4.98 Å². The van der Waals surface area contributed by atoms with Crippen molar-refractivity contribution < 1.29 is 13.2 Å². The maximum Gasteiger partial charge on any atom is 0.149 e. The van der Waals surface area contributed by atoms with E-state index in [1.165, 1.54) is 44.5 Å². The monoisotopic (exact) mass is 598 g/mol. The molecule has 2 aliphatic rings. The summed E-state index contributed by atoms with van der Waals surface area (Å²) < 4.78 is 43.2. The Morgan fingerprint density at radius 1 is 0.953 bits per heavy atom. The van der Waals surface area contributed by atoms with Gasteiger partial charge in [0.1, 0.15) is 23.1 Å². The number of piperidine rings is 2. The van der Waals surface area contributed by atoms with E-state index in [9.17, 15) is 13.2 Å².